The van der Waals surface area contributed by atoms with Crippen molar-refractivity contribution in [2.75, 3.05) is 5.73 Å². The third-order valence-corrected chi connectivity index (χ3v) is 4.56. The lowest BCUT2D eigenvalue weighted by Gasteiger charge is -2.22. The van der Waals surface area contributed by atoms with Crippen molar-refractivity contribution in [1.29, 1.82) is 0 Å². The van der Waals surface area contributed by atoms with Crippen LogP contribution in [-0.4, -0.2) is 16.7 Å². The average Bonchev–Trinajstić information content (AvgIpc) is 2.62. The van der Waals surface area contributed by atoms with Gasteiger partial charge in [-0.25, -0.2) is 0 Å². The van der Waals surface area contributed by atoms with Gasteiger partial charge in [-0.2, -0.15) is 0 Å². The van der Waals surface area contributed by atoms with Gasteiger partial charge in [-0.15, -0.1) is 0 Å². The number of benzene rings is 3. The summed E-state index contributed by atoms with van der Waals surface area (Å²) in [6, 6.07) is 15.8. The lowest BCUT2D eigenvalue weighted by molar-refractivity contribution is 0.0977. The quantitative estimate of drug-likeness (QED) is 0.412. The van der Waals surface area contributed by atoms with E-state index in [9.17, 15) is 14.7 Å². The first kappa shape index (κ1) is 15.1. The number of hydrogen-bond donors (Lipinski definition) is 2. The fraction of sp³-hybridized carbons (Fsp3) is 0.0476. The van der Waals surface area contributed by atoms with Crippen molar-refractivity contribution in [2.24, 2.45) is 0 Å². The summed E-state index contributed by atoms with van der Waals surface area (Å²) in [4.78, 5) is 26.0. The van der Waals surface area contributed by atoms with Gasteiger partial charge in [0.05, 0.1) is 11.3 Å². The number of fused-ring (bicyclic) bond motifs is 2. The van der Waals surface area contributed by atoms with Crippen LogP contribution in [0.5, 0.6) is 5.75 Å². The Bertz CT molecular complexity index is 1050. The molecule has 3 N–H and O–H groups in total. The molecule has 4 nitrogen and oxygen atoms in total. The second kappa shape index (κ2) is 5.31. The molecule has 0 spiro atoms. The Labute approximate surface area is 144 Å². The Morgan fingerprint density at radius 3 is 1.96 bits per heavy atom. The summed E-state index contributed by atoms with van der Waals surface area (Å²) < 4.78 is 0. The molecule has 0 heterocycles. The van der Waals surface area contributed by atoms with Crippen molar-refractivity contribution in [2.45, 2.75) is 6.92 Å². The Morgan fingerprint density at radius 2 is 1.36 bits per heavy atom. The molecule has 3 aromatic rings. The first-order chi connectivity index (χ1) is 12.0. The predicted octanol–water partition coefficient (Wildman–Crippen LogP) is 3.73. The van der Waals surface area contributed by atoms with Crippen LogP contribution in [0.1, 0.15) is 37.4 Å². The largest absolute Gasteiger partial charge is 0.505 e. The summed E-state index contributed by atoms with van der Waals surface area (Å²) in [5.74, 6) is -1.00. The number of phenols is 1. The van der Waals surface area contributed by atoms with Crippen molar-refractivity contribution in [1.82, 2.24) is 0 Å². The molecule has 0 radical (unpaired) electrons. The van der Waals surface area contributed by atoms with Crippen LogP contribution in [0.25, 0.3) is 11.1 Å². The fourth-order valence-corrected chi connectivity index (χ4v) is 3.26. The number of anilines is 1. The Morgan fingerprint density at radius 1 is 0.800 bits per heavy atom. The highest BCUT2D eigenvalue weighted by Crippen LogP contribution is 2.42. The van der Waals surface area contributed by atoms with E-state index in [-0.39, 0.29) is 39.7 Å². The molecule has 0 aliphatic heterocycles. The van der Waals surface area contributed by atoms with E-state index in [1.165, 1.54) is 0 Å². The summed E-state index contributed by atoms with van der Waals surface area (Å²) in [5.41, 5.74) is 9.24. The van der Waals surface area contributed by atoms with Gasteiger partial charge >= 0.3 is 0 Å². The smallest absolute Gasteiger partial charge is 0.198 e. The summed E-state index contributed by atoms with van der Waals surface area (Å²) in [7, 11) is 0. The molecule has 4 rings (SSSR count). The van der Waals surface area contributed by atoms with Crippen molar-refractivity contribution in [3.8, 4) is 16.9 Å². The molecule has 4 heteroatoms. The van der Waals surface area contributed by atoms with E-state index in [4.69, 9.17) is 5.73 Å². The Kier molecular flexibility index (Phi) is 3.22. The number of carbonyl (C=O) groups excluding carboxylic acids is 2. The van der Waals surface area contributed by atoms with Crippen molar-refractivity contribution in [3.05, 3.63) is 82.4 Å². The van der Waals surface area contributed by atoms with E-state index in [0.29, 0.717) is 11.1 Å². The van der Waals surface area contributed by atoms with Gasteiger partial charge < -0.3 is 10.8 Å². The summed E-state index contributed by atoms with van der Waals surface area (Å²) in [6.07, 6.45) is 0. The highest BCUT2D eigenvalue weighted by Gasteiger charge is 2.35. The maximum Gasteiger partial charge on any atom is 0.198 e. The number of hydrogen-bond acceptors (Lipinski definition) is 4. The molecule has 0 unspecified atom stereocenters. The van der Waals surface area contributed by atoms with E-state index in [1.54, 1.807) is 30.3 Å². The second-order valence-electron chi connectivity index (χ2n) is 6.18. The minimum absolute atomic E-state index is 0.0146. The van der Waals surface area contributed by atoms with Gasteiger partial charge in [-0.05, 0) is 24.1 Å². The third-order valence-electron chi connectivity index (χ3n) is 4.56. The fourth-order valence-electron chi connectivity index (χ4n) is 3.26. The molecule has 1 aliphatic carbocycles. The zero-order chi connectivity index (χ0) is 17.7. The number of phenolic OH excluding ortho intramolecular Hbond substituents is 1. The normalized spacial score (nSPS) is 12.7. The first-order valence-corrected chi connectivity index (χ1v) is 7.90. The lowest BCUT2D eigenvalue weighted by Crippen LogP contribution is -2.22. The van der Waals surface area contributed by atoms with Crippen LogP contribution in [-0.2, 0) is 0 Å². The molecule has 0 amide bonds. The van der Waals surface area contributed by atoms with Gasteiger partial charge in [0.1, 0.15) is 5.75 Å². The second-order valence-corrected chi connectivity index (χ2v) is 6.18. The van der Waals surface area contributed by atoms with Crippen LogP contribution >= 0.6 is 0 Å². The first-order valence-electron chi connectivity index (χ1n) is 7.90. The SMILES string of the molecule is Cc1ccc(-c2cc(N)c(O)c3c2C(=O)c2ccccc2C3=O)cc1. The van der Waals surface area contributed by atoms with E-state index < -0.39 is 0 Å². The topological polar surface area (TPSA) is 80.4 Å². The summed E-state index contributed by atoms with van der Waals surface area (Å²) in [5, 5.41) is 10.4. The minimum Gasteiger partial charge on any atom is -0.505 e. The molecule has 3 aromatic carbocycles. The number of nitrogen functional groups attached to an aromatic ring is 1. The van der Waals surface area contributed by atoms with Crippen LogP contribution in [0.4, 0.5) is 5.69 Å². The molecule has 0 bridgehead atoms. The molecule has 122 valence electrons. The number of ketones is 2. The van der Waals surface area contributed by atoms with Gasteiger partial charge in [0, 0.05) is 16.7 Å². The number of aryl methyl sites for hydroxylation is 1. The standard InChI is InChI=1S/C21H15NO3/c1-11-6-8-12(9-7-11)15-10-16(22)21(25)18-17(15)19(23)13-4-2-3-5-14(13)20(18)24/h2-10,25H,22H2,1H3. The van der Waals surface area contributed by atoms with Gasteiger partial charge in [-0.3, -0.25) is 9.59 Å². The molecule has 0 aromatic heterocycles. The van der Waals surface area contributed by atoms with Crippen LogP contribution in [0, 0.1) is 6.92 Å². The van der Waals surface area contributed by atoms with Crippen LogP contribution in [0.15, 0.2) is 54.6 Å². The van der Waals surface area contributed by atoms with E-state index in [0.717, 1.165) is 11.1 Å². The molecule has 0 saturated heterocycles. The van der Waals surface area contributed by atoms with Gasteiger partial charge in [0.2, 0.25) is 0 Å². The monoisotopic (exact) mass is 329 g/mol. The molecule has 25 heavy (non-hydrogen) atoms. The number of aromatic hydroxyl groups is 1. The number of rotatable bonds is 1. The van der Waals surface area contributed by atoms with Gasteiger partial charge in [0.15, 0.2) is 11.6 Å². The Hall–Kier alpha value is -3.40. The van der Waals surface area contributed by atoms with Gasteiger partial charge in [-0.1, -0.05) is 54.1 Å². The minimum atomic E-state index is -0.386. The van der Waals surface area contributed by atoms with Crippen LogP contribution < -0.4 is 5.73 Å². The maximum atomic E-state index is 13.1. The molecular formula is C21H15NO3. The molecule has 0 fully saturated rings. The highest BCUT2D eigenvalue weighted by atomic mass is 16.3. The number of carbonyl (C=O) groups is 2. The zero-order valence-electron chi connectivity index (χ0n) is 13.5. The summed E-state index contributed by atoms with van der Waals surface area (Å²) in [6.45, 7) is 1.97. The third kappa shape index (κ3) is 2.15. The Balaban J connectivity index is 2.07. The molecular weight excluding hydrogens is 314 g/mol. The molecule has 0 atom stereocenters. The lowest BCUT2D eigenvalue weighted by atomic mass is 9.79. The van der Waals surface area contributed by atoms with Crippen LogP contribution in [0.3, 0.4) is 0 Å². The van der Waals surface area contributed by atoms with Crippen molar-refractivity contribution < 1.29 is 14.7 Å². The van der Waals surface area contributed by atoms with Crippen molar-refractivity contribution in [3.63, 3.8) is 0 Å². The van der Waals surface area contributed by atoms with Crippen LogP contribution in [0.2, 0.25) is 0 Å². The van der Waals surface area contributed by atoms with E-state index in [1.807, 2.05) is 31.2 Å². The van der Waals surface area contributed by atoms with Gasteiger partial charge in [0.25, 0.3) is 0 Å². The predicted molar refractivity (Wildman–Crippen MR) is 96.0 cm³/mol. The zero-order valence-corrected chi connectivity index (χ0v) is 13.5. The summed E-state index contributed by atoms with van der Waals surface area (Å²) >= 11 is 0. The van der Waals surface area contributed by atoms with E-state index >= 15 is 0 Å². The number of nitrogens with two attached hydrogens (primary N) is 1. The van der Waals surface area contributed by atoms with E-state index in [2.05, 4.69) is 0 Å². The highest BCUT2D eigenvalue weighted by molar-refractivity contribution is 6.31. The maximum absolute atomic E-state index is 13.1. The molecule has 1 aliphatic rings. The average molecular weight is 329 g/mol. The molecule has 0 saturated carbocycles. The van der Waals surface area contributed by atoms with Crippen molar-refractivity contribution >= 4 is 17.3 Å².